The number of carboxylic acid groups (broad SMARTS) is 1. The molecule has 0 saturated carbocycles. The molecule has 0 bridgehead atoms. The summed E-state index contributed by atoms with van der Waals surface area (Å²) in [6.45, 7) is 1.10. The molecule has 0 aliphatic heterocycles. The first kappa shape index (κ1) is 20.2. The van der Waals surface area contributed by atoms with Crippen molar-refractivity contribution in [3.8, 4) is 10.4 Å². The van der Waals surface area contributed by atoms with Gasteiger partial charge in [0.2, 0.25) is 0 Å². The molecule has 2 aromatic carbocycles. The van der Waals surface area contributed by atoms with Gasteiger partial charge in [0.25, 0.3) is 0 Å². The Morgan fingerprint density at radius 1 is 1.06 bits per heavy atom. The number of aromatic amines is 1. The average molecular weight is 444 g/mol. The Balaban J connectivity index is 1.35. The van der Waals surface area contributed by atoms with E-state index >= 15 is 0 Å². The van der Waals surface area contributed by atoms with E-state index in [-0.39, 0.29) is 6.42 Å². The van der Waals surface area contributed by atoms with Gasteiger partial charge in [-0.25, -0.2) is 9.97 Å². The Hall–Kier alpha value is -3.75. The smallest absolute Gasteiger partial charge is 0.304 e. The molecule has 32 heavy (non-hydrogen) atoms. The first-order valence-electron chi connectivity index (χ1n) is 10.3. The summed E-state index contributed by atoms with van der Waals surface area (Å²) in [7, 11) is 0. The maximum atomic E-state index is 10.6. The number of hydrogen-bond acceptors (Lipinski definition) is 6. The van der Waals surface area contributed by atoms with E-state index in [1.807, 2.05) is 24.4 Å². The highest BCUT2D eigenvalue weighted by Crippen LogP contribution is 2.36. The predicted molar refractivity (Wildman–Crippen MR) is 128 cm³/mol. The van der Waals surface area contributed by atoms with Crippen LogP contribution in [0.2, 0.25) is 0 Å². The third-order valence-corrected chi connectivity index (χ3v) is 6.39. The molecule has 4 N–H and O–H groups in total. The van der Waals surface area contributed by atoms with E-state index in [9.17, 15) is 4.79 Å². The van der Waals surface area contributed by atoms with Gasteiger partial charge in [0.05, 0.1) is 16.6 Å². The van der Waals surface area contributed by atoms with Crippen LogP contribution in [0.4, 0.5) is 11.5 Å². The van der Waals surface area contributed by atoms with Crippen molar-refractivity contribution in [1.29, 1.82) is 0 Å². The van der Waals surface area contributed by atoms with Gasteiger partial charge < -0.3 is 20.7 Å². The standard InChI is InChI=1S/C24H21N5O2S/c30-22(31)8-9-25-13-15-1-3-16(4-2-15)21-12-20-23(32-21)24(28-14-27-20)29-18-5-6-19-17(11-18)7-10-26-19/h1-7,10-12,14,25-26H,8-9,13H2,(H,30,31)(H,27,28,29). The van der Waals surface area contributed by atoms with Crippen molar-refractivity contribution in [2.24, 2.45) is 0 Å². The number of nitrogens with zero attached hydrogens (tertiary/aromatic N) is 2. The van der Waals surface area contributed by atoms with Crippen LogP contribution < -0.4 is 10.6 Å². The number of thiophene rings is 1. The molecule has 5 aromatic rings. The highest BCUT2D eigenvalue weighted by atomic mass is 32.1. The van der Waals surface area contributed by atoms with Gasteiger partial charge in [-0.15, -0.1) is 11.3 Å². The Morgan fingerprint density at radius 2 is 1.94 bits per heavy atom. The molecule has 7 nitrogen and oxygen atoms in total. The number of carboxylic acids is 1. The summed E-state index contributed by atoms with van der Waals surface area (Å²) < 4.78 is 1.01. The first-order valence-corrected chi connectivity index (χ1v) is 11.1. The number of anilines is 2. The molecule has 0 fully saturated rings. The zero-order valence-electron chi connectivity index (χ0n) is 17.1. The van der Waals surface area contributed by atoms with Crippen LogP contribution in [0.25, 0.3) is 31.6 Å². The number of nitrogens with one attached hydrogen (secondary N) is 3. The van der Waals surface area contributed by atoms with Gasteiger partial charge >= 0.3 is 5.97 Å². The quantitative estimate of drug-likeness (QED) is 0.247. The lowest BCUT2D eigenvalue weighted by molar-refractivity contribution is -0.136. The van der Waals surface area contributed by atoms with E-state index in [1.165, 1.54) is 0 Å². The van der Waals surface area contributed by atoms with Gasteiger partial charge in [0, 0.05) is 40.8 Å². The van der Waals surface area contributed by atoms with Crippen molar-refractivity contribution < 1.29 is 9.90 Å². The van der Waals surface area contributed by atoms with Crippen molar-refractivity contribution in [2.45, 2.75) is 13.0 Å². The fourth-order valence-corrected chi connectivity index (χ4v) is 4.63. The maximum Gasteiger partial charge on any atom is 0.304 e. The predicted octanol–water partition coefficient (Wildman–Crippen LogP) is 5.15. The highest BCUT2D eigenvalue weighted by Gasteiger charge is 2.11. The van der Waals surface area contributed by atoms with Gasteiger partial charge in [-0.05, 0) is 41.5 Å². The van der Waals surface area contributed by atoms with Gasteiger partial charge in [-0.1, -0.05) is 24.3 Å². The lowest BCUT2D eigenvalue weighted by Gasteiger charge is -2.06. The number of H-pyrrole nitrogens is 1. The number of carbonyl (C=O) groups is 1. The van der Waals surface area contributed by atoms with E-state index in [0.717, 1.165) is 48.6 Å². The molecule has 0 amide bonds. The summed E-state index contributed by atoms with van der Waals surface area (Å²) in [4.78, 5) is 23.8. The maximum absolute atomic E-state index is 10.6. The molecular formula is C24H21N5O2S. The van der Waals surface area contributed by atoms with Gasteiger partial charge in [0.15, 0.2) is 5.82 Å². The molecule has 0 aliphatic carbocycles. The lowest BCUT2D eigenvalue weighted by atomic mass is 10.1. The summed E-state index contributed by atoms with van der Waals surface area (Å²) in [6.07, 6.45) is 3.64. The van der Waals surface area contributed by atoms with Crippen molar-refractivity contribution in [3.63, 3.8) is 0 Å². The van der Waals surface area contributed by atoms with E-state index < -0.39 is 5.97 Å². The second-order valence-electron chi connectivity index (χ2n) is 7.47. The number of aromatic nitrogens is 3. The van der Waals surface area contributed by atoms with E-state index in [4.69, 9.17) is 5.11 Å². The Kier molecular flexibility index (Phi) is 5.53. The Labute approximate surface area is 188 Å². The largest absolute Gasteiger partial charge is 0.481 e. The second-order valence-corrected chi connectivity index (χ2v) is 8.52. The Morgan fingerprint density at radius 3 is 2.78 bits per heavy atom. The topological polar surface area (TPSA) is 103 Å². The lowest BCUT2D eigenvalue weighted by Crippen LogP contribution is -2.17. The summed E-state index contributed by atoms with van der Waals surface area (Å²) >= 11 is 1.66. The summed E-state index contributed by atoms with van der Waals surface area (Å²) in [6, 6.07) is 18.6. The molecular weight excluding hydrogens is 422 g/mol. The number of hydrogen-bond donors (Lipinski definition) is 4. The summed E-state index contributed by atoms with van der Waals surface area (Å²) in [5, 5.41) is 16.4. The minimum absolute atomic E-state index is 0.121. The molecule has 3 aromatic heterocycles. The van der Waals surface area contributed by atoms with E-state index in [1.54, 1.807) is 17.7 Å². The zero-order valence-corrected chi connectivity index (χ0v) is 17.9. The summed E-state index contributed by atoms with van der Waals surface area (Å²) in [5.74, 6) is -0.0000242. The van der Waals surface area contributed by atoms with Crippen molar-refractivity contribution >= 4 is 49.9 Å². The average Bonchev–Trinajstić information content (AvgIpc) is 3.44. The van der Waals surface area contributed by atoms with Crippen LogP contribution in [0.15, 0.2) is 67.1 Å². The molecule has 0 radical (unpaired) electrons. The first-order chi connectivity index (χ1) is 15.7. The van der Waals surface area contributed by atoms with Gasteiger partial charge in [-0.3, -0.25) is 4.79 Å². The highest BCUT2D eigenvalue weighted by molar-refractivity contribution is 7.22. The number of aliphatic carboxylic acids is 1. The molecule has 0 spiro atoms. The van der Waals surface area contributed by atoms with Crippen LogP contribution in [0, 0.1) is 0 Å². The number of fused-ring (bicyclic) bond motifs is 2. The van der Waals surface area contributed by atoms with E-state index in [0.29, 0.717) is 13.1 Å². The monoisotopic (exact) mass is 443 g/mol. The van der Waals surface area contributed by atoms with Crippen molar-refractivity contribution in [1.82, 2.24) is 20.3 Å². The third kappa shape index (κ3) is 4.32. The molecule has 5 rings (SSSR count). The summed E-state index contributed by atoms with van der Waals surface area (Å²) in [5.41, 5.74) is 5.21. The van der Waals surface area contributed by atoms with Gasteiger partial charge in [0.1, 0.15) is 6.33 Å². The van der Waals surface area contributed by atoms with Crippen LogP contribution in [0.3, 0.4) is 0 Å². The SMILES string of the molecule is O=C(O)CCNCc1ccc(-c2cc3ncnc(Nc4ccc5[nH]ccc5c4)c3s2)cc1. The zero-order chi connectivity index (χ0) is 21.9. The third-order valence-electron chi connectivity index (χ3n) is 5.21. The molecule has 160 valence electrons. The van der Waals surface area contributed by atoms with Crippen molar-refractivity contribution in [2.75, 3.05) is 11.9 Å². The fourth-order valence-electron chi connectivity index (χ4n) is 3.57. The van der Waals surface area contributed by atoms with Crippen LogP contribution in [-0.2, 0) is 11.3 Å². The molecule has 0 atom stereocenters. The molecule has 3 heterocycles. The Bertz CT molecular complexity index is 1390. The fraction of sp³-hybridized carbons (Fsp3) is 0.125. The van der Waals surface area contributed by atoms with Gasteiger partial charge in [-0.2, -0.15) is 0 Å². The molecule has 0 aliphatic rings. The second kappa shape index (κ2) is 8.78. The van der Waals surface area contributed by atoms with Crippen molar-refractivity contribution in [3.05, 3.63) is 72.7 Å². The minimum atomic E-state index is -0.792. The van der Waals surface area contributed by atoms with Crippen LogP contribution in [-0.4, -0.2) is 32.6 Å². The van der Waals surface area contributed by atoms with Crippen LogP contribution in [0.1, 0.15) is 12.0 Å². The number of rotatable bonds is 8. The minimum Gasteiger partial charge on any atom is -0.481 e. The van der Waals surface area contributed by atoms with Crippen LogP contribution in [0.5, 0.6) is 0 Å². The normalized spacial score (nSPS) is 11.2. The molecule has 8 heteroatoms. The molecule has 0 unspecified atom stereocenters. The van der Waals surface area contributed by atoms with E-state index in [2.05, 4.69) is 62.0 Å². The number of benzene rings is 2. The molecule has 0 saturated heterocycles. The van der Waals surface area contributed by atoms with Crippen LogP contribution >= 0.6 is 11.3 Å².